The summed E-state index contributed by atoms with van der Waals surface area (Å²) < 4.78 is 4.92. The monoisotopic (exact) mass is 320 g/mol. The van der Waals surface area contributed by atoms with Crippen molar-refractivity contribution in [1.29, 1.82) is 0 Å². The fourth-order valence-electron chi connectivity index (χ4n) is 1.50. The summed E-state index contributed by atoms with van der Waals surface area (Å²) in [5, 5.41) is 17.4. The minimum absolute atomic E-state index is 0.0260. The lowest BCUT2D eigenvalue weighted by Crippen LogP contribution is -2.27. The summed E-state index contributed by atoms with van der Waals surface area (Å²) in [6.45, 7) is 5.84. The largest absolute Gasteiger partial charge is 0.433 e. The molecule has 0 aliphatic rings. The van der Waals surface area contributed by atoms with Crippen molar-refractivity contribution in [3.05, 3.63) is 28.0 Å². The number of nitrogen functional groups attached to an aromatic ring is 1. The molecule has 11 heteroatoms. The van der Waals surface area contributed by atoms with E-state index in [9.17, 15) is 10.1 Å². The van der Waals surface area contributed by atoms with Gasteiger partial charge in [0, 0.05) is 5.54 Å². The Morgan fingerprint density at radius 3 is 2.61 bits per heavy atom. The molecule has 0 unspecified atom stereocenters. The van der Waals surface area contributed by atoms with E-state index in [4.69, 9.17) is 10.2 Å². The Hall–Kier alpha value is -3.24. The number of furan rings is 1. The standard InChI is InChI=1S/C12H16N8O3/c1-12(2,3)18-10-15-9(13)16-11(17-10)19-14-6-7-4-5-8(23-7)20(21)22/h4-6H,1-3H3,(H4,13,15,16,17,18,19)/b14-6+. The molecule has 2 aromatic rings. The van der Waals surface area contributed by atoms with Crippen LogP contribution in [0.3, 0.4) is 0 Å². The molecule has 0 radical (unpaired) electrons. The molecule has 0 aliphatic heterocycles. The lowest BCUT2D eigenvalue weighted by Gasteiger charge is -2.20. The number of hydrazone groups is 1. The molecule has 2 rings (SSSR count). The second-order valence-electron chi connectivity index (χ2n) is 5.52. The third-order valence-electron chi connectivity index (χ3n) is 2.29. The second kappa shape index (κ2) is 6.25. The van der Waals surface area contributed by atoms with E-state index in [0.29, 0.717) is 5.95 Å². The number of anilines is 3. The fourth-order valence-corrected chi connectivity index (χ4v) is 1.50. The average Bonchev–Trinajstić information content (AvgIpc) is 2.85. The first-order chi connectivity index (χ1) is 10.7. The van der Waals surface area contributed by atoms with Crippen molar-refractivity contribution in [2.24, 2.45) is 5.10 Å². The van der Waals surface area contributed by atoms with Crippen LogP contribution in [-0.2, 0) is 0 Å². The maximum atomic E-state index is 10.5. The van der Waals surface area contributed by atoms with Crippen molar-refractivity contribution in [2.75, 3.05) is 16.5 Å². The molecule has 2 heterocycles. The number of rotatable bonds is 5. The minimum atomic E-state index is -0.637. The van der Waals surface area contributed by atoms with Crippen molar-refractivity contribution >= 4 is 29.9 Å². The van der Waals surface area contributed by atoms with Gasteiger partial charge in [-0.2, -0.15) is 20.1 Å². The molecule has 0 saturated carbocycles. The average molecular weight is 320 g/mol. The smallest absolute Gasteiger partial charge is 0.400 e. The molecule has 0 fully saturated rings. The van der Waals surface area contributed by atoms with Crippen LogP contribution in [0.15, 0.2) is 21.7 Å². The molecule has 2 aromatic heterocycles. The summed E-state index contributed by atoms with van der Waals surface area (Å²) in [4.78, 5) is 21.8. The van der Waals surface area contributed by atoms with Crippen molar-refractivity contribution in [1.82, 2.24) is 15.0 Å². The van der Waals surface area contributed by atoms with Crippen LogP contribution in [0.1, 0.15) is 26.5 Å². The molecule has 0 atom stereocenters. The van der Waals surface area contributed by atoms with Crippen molar-refractivity contribution in [3.8, 4) is 0 Å². The van der Waals surface area contributed by atoms with Crippen LogP contribution in [0, 0.1) is 10.1 Å². The van der Waals surface area contributed by atoms with E-state index in [1.165, 1.54) is 18.3 Å². The van der Waals surface area contributed by atoms with E-state index >= 15 is 0 Å². The van der Waals surface area contributed by atoms with Crippen LogP contribution >= 0.6 is 0 Å². The van der Waals surface area contributed by atoms with E-state index in [0.717, 1.165) is 0 Å². The number of aromatic nitrogens is 3. The first-order valence-corrected chi connectivity index (χ1v) is 6.56. The Morgan fingerprint density at radius 2 is 2.00 bits per heavy atom. The summed E-state index contributed by atoms with van der Waals surface area (Å²) in [5.41, 5.74) is 7.92. The van der Waals surface area contributed by atoms with E-state index in [2.05, 4.69) is 30.8 Å². The Kier molecular flexibility index (Phi) is 4.39. The van der Waals surface area contributed by atoms with Gasteiger partial charge < -0.3 is 15.5 Å². The predicted octanol–water partition coefficient (Wildman–Crippen LogP) is 1.61. The van der Waals surface area contributed by atoms with Crippen LogP contribution in [0.4, 0.5) is 23.7 Å². The number of nitrogens with two attached hydrogens (primary N) is 1. The van der Waals surface area contributed by atoms with Gasteiger partial charge in [-0.1, -0.05) is 0 Å². The third-order valence-corrected chi connectivity index (χ3v) is 2.29. The van der Waals surface area contributed by atoms with Gasteiger partial charge in [0.15, 0.2) is 5.76 Å². The Balaban J connectivity index is 2.07. The molecule has 11 nitrogen and oxygen atoms in total. The molecule has 23 heavy (non-hydrogen) atoms. The second-order valence-corrected chi connectivity index (χ2v) is 5.52. The topological polar surface area (TPSA) is 157 Å². The summed E-state index contributed by atoms with van der Waals surface area (Å²) >= 11 is 0. The van der Waals surface area contributed by atoms with Gasteiger partial charge in [0.05, 0.1) is 12.3 Å². The van der Waals surface area contributed by atoms with Gasteiger partial charge in [0.2, 0.25) is 17.8 Å². The number of nitrogens with one attached hydrogen (secondary N) is 2. The maximum Gasteiger partial charge on any atom is 0.433 e. The first-order valence-electron chi connectivity index (χ1n) is 6.56. The maximum absolute atomic E-state index is 10.5. The SMILES string of the molecule is CC(C)(C)Nc1nc(N)nc(N/N=C/c2ccc([N+](=O)[O-])o2)n1. The van der Waals surface area contributed by atoms with Crippen LogP contribution in [0.5, 0.6) is 0 Å². The van der Waals surface area contributed by atoms with E-state index in [1.54, 1.807) is 0 Å². The van der Waals surface area contributed by atoms with Crippen LogP contribution in [0.25, 0.3) is 0 Å². The highest BCUT2D eigenvalue weighted by molar-refractivity contribution is 5.76. The number of nitrogens with zero attached hydrogens (tertiary/aromatic N) is 5. The lowest BCUT2D eigenvalue weighted by atomic mass is 10.1. The highest BCUT2D eigenvalue weighted by Crippen LogP contribution is 2.14. The summed E-state index contributed by atoms with van der Waals surface area (Å²) in [7, 11) is 0. The van der Waals surface area contributed by atoms with Crippen LogP contribution < -0.4 is 16.5 Å². The van der Waals surface area contributed by atoms with Crippen molar-refractivity contribution in [3.63, 3.8) is 0 Å². The van der Waals surface area contributed by atoms with Crippen LogP contribution in [0.2, 0.25) is 0 Å². The quantitative estimate of drug-likeness (QED) is 0.422. The van der Waals surface area contributed by atoms with Crippen molar-refractivity contribution < 1.29 is 9.34 Å². The van der Waals surface area contributed by atoms with Gasteiger partial charge in [-0.3, -0.25) is 10.1 Å². The normalized spacial score (nSPS) is 11.6. The van der Waals surface area contributed by atoms with Gasteiger partial charge >= 0.3 is 5.88 Å². The lowest BCUT2D eigenvalue weighted by molar-refractivity contribution is -0.402. The predicted molar refractivity (Wildman–Crippen MR) is 84.2 cm³/mol. The Bertz CT molecular complexity index is 734. The van der Waals surface area contributed by atoms with Gasteiger partial charge in [-0.25, -0.2) is 5.43 Å². The molecular formula is C12H16N8O3. The fraction of sp³-hybridized carbons (Fsp3) is 0.333. The molecule has 0 aliphatic carbocycles. The van der Waals surface area contributed by atoms with E-state index in [-0.39, 0.29) is 29.1 Å². The zero-order chi connectivity index (χ0) is 17.0. The van der Waals surface area contributed by atoms with E-state index < -0.39 is 4.92 Å². The van der Waals surface area contributed by atoms with Crippen LogP contribution in [-0.4, -0.2) is 31.6 Å². The first kappa shape index (κ1) is 16.1. The number of hydrogen-bond donors (Lipinski definition) is 3. The van der Waals surface area contributed by atoms with Gasteiger partial charge in [-0.15, -0.1) is 0 Å². The van der Waals surface area contributed by atoms with Gasteiger partial charge in [0.1, 0.15) is 4.92 Å². The summed E-state index contributed by atoms with van der Waals surface area (Å²) in [5.74, 6) is 0.294. The molecule has 122 valence electrons. The van der Waals surface area contributed by atoms with E-state index in [1.807, 2.05) is 20.8 Å². The molecule has 0 spiro atoms. The highest BCUT2D eigenvalue weighted by atomic mass is 16.6. The minimum Gasteiger partial charge on any atom is -0.400 e. The third kappa shape index (κ3) is 4.91. The molecule has 0 aromatic carbocycles. The molecular weight excluding hydrogens is 304 g/mol. The summed E-state index contributed by atoms with van der Waals surface area (Å²) in [6.07, 6.45) is 1.25. The zero-order valence-corrected chi connectivity index (χ0v) is 12.8. The zero-order valence-electron chi connectivity index (χ0n) is 12.8. The Labute approximate surface area is 131 Å². The highest BCUT2D eigenvalue weighted by Gasteiger charge is 2.13. The van der Waals surface area contributed by atoms with Gasteiger partial charge in [0.25, 0.3) is 0 Å². The van der Waals surface area contributed by atoms with Crippen molar-refractivity contribution in [2.45, 2.75) is 26.3 Å². The molecule has 4 N–H and O–H groups in total. The van der Waals surface area contributed by atoms with Gasteiger partial charge in [-0.05, 0) is 26.8 Å². The molecule has 0 amide bonds. The summed E-state index contributed by atoms with van der Waals surface area (Å²) in [6, 6.07) is 2.64. The number of hydrogen-bond acceptors (Lipinski definition) is 10. The molecule has 0 bridgehead atoms. The Morgan fingerprint density at radius 1 is 1.30 bits per heavy atom. The molecule has 0 saturated heterocycles. The number of nitro groups is 1.